The summed E-state index contributed by atoms with van der Waals surface area (Å²) in [5.41, 5.74) is 1.45. The van der Waals surface area contributed by atoms with E-state index in [9.17, 15) is 13.2 Å². The Bertz CT molecular complexity index is 1200. The topological polar surface area (TPSA) is 84.5 Å². The highest BCUT2D eigenvalue weighted by atomic mass is 35.5. The number of hydrogen-bond acceptors (Lipinski definition) is 4. The quantitative estimate of drug-likeness (QED) is 0.455. The normalized spacial score (nSPS) is 11.1. The third-order valence-corrected chi connectivity index (χ3v) is 6.61. The number of nitrogens with one attached hydrogen (secondary N) is 2. The molecule has 0 fully saturated rings. The minimum Gasteiger partial charge on any atom is -0.496 e. The lowest BCUT2D eigenvalue weighted by Crippen LogP contribution is -2.16. The number of carbonyl (C=O) groups is 1. The summed E-state index contributed by atoms with van der Waals surface area (Å²) in [4.78, 5) is 12.2. The zero-order valence-electron chi connectivity index (χ0n) is 16.6. The molecule has 0 saturated carbocycles. The highest BCUT2D eigenvalue weighted by Crippen LogP contribution is 2.29. The number of hydrogen-bond donors (Lipinski definition) is 2. The predicted octanol–water partition coefficient (Wildman–Crippen LogP) is 5.37. The fourth-order valence-corrected chi connectivity index (χ4v) is 4.76. The maximum Gasteiger partial charge on any atom is 0.263 e. The third-order valence-electron chi connectivity index (χ3n) is 4.44. The minimum absolute atomic E-state index is 0.0200. The standard InChI is InChI=1S/C22H20Cl2N2O4S/c1-30-20-9-5-2-6-15(20)10-13-22(27)25-16-11-12-18(24)21(14-16)31(28,29)26-19-8-4-3-7-17(19)23/h2-9,11-12,14,26H,10,13H2,1H3,(H,25,27). The fraction of sp³-hybridized carbons (Fsp3) is 0.136. The van der Waals surface area contributed by atoms with E-state index in [0.29, 0.717) is 17.9 Å². The van der Waals surface area contributed by atoms with E-state index in [1.807, 2.05) is 24.3 Å². The molecule has 0 bridgehead atoms. The van der Waals surface area contributed by atoms with Gasteiger partial charge in [0.1, 0.15) is 10.6 Å². The molecule has 2 N–H and O–H groups in total. The number of ether oxygens (including phenoxy) is 1. The van der Waals surface area contributed by atoms with Crippen LogP contribution in [0.4, 0.5) is 11.4 Å². The van der Waals surface area contributed by atoms with Gasteiger partial charge in [-0.3, -0.25) is 9.52 Å². The second-order valence-electron chi connectivity index (χ2n) is 6.59. The second kappa shape index (κ2) is 10.0. The molecule has 9 heteroatoms. The minimum atomic E-state index is -4.02. The van der Waals surface area contributed by atoms with Crippen LogP contribution >= 0.6 is 23.2 Å². The third kappa shape index (κ3) is 5.91. The van der Waals surface area contributed by atoms with E-state index in [2.05, 4.69) is 10.0 Å². The fourth-order valence-electron chi connectivity index (χ4n) is 2.91. The first-order valence-electron chi connectivity index (χ1n) is 9.29. The Morgan fingerprint density at radius 2 is 1.68 bits per heavy atom. The molecule has 0 saturated heterocycles. The molecule has 0 aliphatic rings. The van der Waals surface area contributed by atoms with Gasteiger partial charge in [0.25, 0.3) is 10.0 Å². The van der Waals surface area contributed by atoms with Crippen LogP contribution in [0.2, 0.25) is 10.0 Å². The summed E-state index contributed by atoms with van der Waals surface area (Å²) in [6, 6.07) is 18.2. The molecule has 0 aliphatic carbocycles. The van der Waals surface area contributed by atoms with Crippen LogP contribution in [0.3, 0.4) is 0 Å². The Morgan fingerprint density at radius 1 is 0.968 bits per heavy atom. The van der Waals surface area contributed by atoms with Gasteiger partial charge in [-0.2, -0.15) is 0 Å². The lowest BCUT2D eigenvalue weighted by Gasteiger charge is -2.13. The number of para-hydroxylation sites is 2. The first kappa shape index (κ1) is 22.9. The summed E-state index contributed by atoms with van der Waals surface area (Å²) in [6.07, 6.45) is 0.672. The van der Waals surface area contributed by atoms with Gasteiger partial charge in [-0.05, 0) is 48.4 Å². The van der Waals surface area contributed by atoms with Crippen molar-refractivity contribution in [3.63, 3.8) is 0 Å². The van der Waals surface area contributed by atoms with Crippen LogP contribution in [0.5, 0.6) is 5.75 Å². The molecule has 6 nitrogen and oxygen atoms in total. The molecule has 31 heavy (non-hydrogen) atoms. The second-order valence-corrected chi connectivity index (χ2v) is 9.06. The van der Waals surface area contributed by atoms with Crippen molar-refractivity contribution in [3.8, 4) is 5.75 Å². The molecule has 1 amide bonds. The van der Waals surface area contributed by atoms with E-state index < -0.39 is 10.0 Å². The Hall–Kier alpha value is -2.74. The molecule has 0 unspecified atom stereocenters. The Labute approximate surface area is 191 Å². The smallest absolute Gasteiger partial charge is 0.263 e. The van der Waals surface area contributed by atoms with Gasteiger partial charge in [0.2, 0.25) is 5.91 Å². The summed E-state index contributed by atoms with van der Waals surface area (Å²) < 4.78 is 33.3. The number of rotatable bonds is 8. The average molecular weight is 479 g/mol. The number of aryl methyl sites for hydroxylation is 1. The van der Waals surface area contributed by atoms with Gasteiger partial charge in [-0.25, -0.2) is 8.42 Å². The number of halogens is 2. The molecule has 0 atom stereocenters. The summed E-state index contributed by atoms with van der Waals surface area (Å²) in [6.45, 7) is 0. The summed E-state index contributed by atoms with van der Waals surface area (Å²) >= 11 is 12.2. The van der Waals surface area contributed by atoms with Gasteiger partial charge >= 0.3 is 0 Å². The largest absolute Gasteiger partial charge is 0.496 e. The predicted molar refractivity (Wildman–Crippen MR) is 124 cm³/mol. The highest BCUT2D eigenvalue weighted by Gasteiger charge is 2.20. The van der Waals surface area contributed by atoms with Gasteiger partial charge in [-0.1, -0.05) is 53.5 Å². The van der Waals surface area contributed by atoms with E-state index in [4.69, 9.17) is 27.9 Å². The van der Waals surface area contributed by atoms with Crippen LogP contribution in [0.15, 0.2) is 71.6 Å². The van der Waals surface area contributed by atoms with E-state index in [1.165, 1.54) is 24.3 Å². The van der Waals surface area contributed by atoms with Crippen LogP contribution in [-0.2, 0) is 21.2 Å². The molecule has 0 aromatic heterocycles. The van der Waals surface area contributed by atoms with E-state index in [0.717, 1.165) is 5.56 Å². The van der Waals surface area contributed by atoms with Crippen molar-refractivity contribution >= 4 is 50.5 Å². The maximum absolute atomic E-state index is 12.8. The van der Waals surface area contributed by atoms with E-state index in [1.54, 1.807) is 25.3 Å². The number of anilines is 2. The van der Waals surface area contributed by atoms with Gasteiger partial charge < -0.3 is 10.1 Å². The first-order chi connectivity index (χ1) is 14.8. The van der Waals surface area contributed by atoms with Crippen molar-refractivity contribution in [2.75, 3.05) is 17.1 Å². The van der Waals surface area contributed by atoms with Crippen molar-refractivity contribution in [1.82, 2.24) is 0 Å². The molecule has 162 valence electrons. The number of carbonyl (C=O) groups excluding carboxylic acids is 1. The van der Waals surface area contributed by atoms with Crippen molar-refractivity contribution in [2.24, 2.45) is 0 Å². The van der Waals surface area contributed by atoms with Crippen molar-refractivity contribution in [1.29, 1.82) is 0 Å². The highest BCUT2D eigenvalue weighted by molar-refractivity contribution is 7.92. The number of amides is 1. The average Bonchev–Trinajstić information content (AvgIpc) is 2.75. The van der Waals surface area contributed by atoms with E-state index in [-0.39, 0.29) is 33.0 Å². The molecule has 3 rings (SSSR count). The number of methoxy groups -OCH3 is 1. The van der Waals surface area contributed by atoms with Gasteiger partial charge in [0.05, 0.1) is 22.8 Å². The van der Waals surface area contributed by atoms with Crippen molar-refractivity contribution in [3.05, 3.63) is 82.3 Å². The van der Waals surface area contributed by atoms with Gasteiger partial charge in [0, 0.05) is 12.1 Å². The first-order valence-corrected chi connectivity index (χ1v) is 11.5. The van der Waals surface area contributed by atoms with Gasteiger partial charge in [-0.15, -0.1) is 0 Å². The Balaban J connectivity index is 1.73. The van der Waals surface area contributed by atoms with E-state index >= 15 is 0 Å². The molecule has 3 aromatic rings. The van der Waals surface area contributed by atoms with Crippen molar-refractivity contribution in [2.45, 2.75) is 17.7 Å². The Kier molecular flexibility index (Phi) is 7.43. The number of sulfonamides is 1. The molecule has 0 heterocycles. The van der Waals surface area contributed by atoms with Gasteiger partial charge in [0.15, 0.2) is 0 Å². The zero-order chi connectivity index (χ0) is 22.4. The molecule has 0 radical (unpaired) electrons. The Morgan fingerprint density at radius 3 is 2.42 bits per heavy atom. The van der Waals surface area contributed by atoms with Crippen LogP contribution in [0.1, 0.15) is 12.0 Å². The summed E-state index contributed by atoms with van der Waals surface area (Å²) in [5.74, 6) is 0.441. The van der Waals surface area contributed by atoms with Crippen LogP contribution in [0.25, 0.3) is 0 Å². The molecule has 0 spiro atoms. The molecule has 0 aliphatic heterocycles. The molecule has 3 aromatic carbocycles. The molecular weight excluding hydrogens is 459 g/mol. The maximum atomic E-state index is 12.8. The van der Waals surface area contributed by atoms with Crippen LogP contribution in [0, 0.1) is 0 Å². The van der Waals surface area contributed by atoms with Crippen molar-refractivity contribution < 1.29 is 17.9 Å². The van der Waals surface area contributed by atoms with Crippen LogP contribution in [-0.4, -0.2) is 21.4 Å². The zero-order valence-corrected chi connectivity index (χ0v) is 18.9. The summed E-state index contributed by atoms with van der Waals surface area (Å²) in [7, 11) is -2.45. The lowest BCUT2D eigenvalue weighted by molar-refractivity contribution is -0.116. The molecular formula is C22H20Cl2N2O4S. The van der Waals surface area contributed by atoms with Crippen LogP contribution < -0.4 is 14.8 Å². The lowest BCUT2D eigenvalue weighted by atomic mass is 10.1. The summed E-state index contributed by atoms with van der Waals surface area (Å²) in [5, 5.41) is 2.98. The monoisotopic (exact) mass is 478 g/mol. The SMILES string of the molecule is COc1ccccc1CCC(=O)Nc1ccc(Cl)c(S(=O)(=O)Nc2ccccc2Cl)c1. The number of benzene rings is 3.